The van der Waals surface area contributed by atoms with Crippen LogP contribution in [0.25, 0.3) is 0 Å². The number of nitrogens with one attached hydrogen (secondary N) is 1. The third kappa shape index (κ3) is 5.15. The standard InChI is InChI=1S/C23H30N2O2S/c26-23(22-12-6-14-28-22)24-15-18-7-5-13-25(16-18)17-19-8-1-4-11-21(19)27-20-9-2-3-10-20/h1,4,6,8,11-12,14,18,20H,2-3,5,7,9-10,13,15-17H2,(H,24,26). The highest BCUT2D eigenvalue weighted by molar-refractivity contribution is 7.12. The van der Waals surface area contributed by atoms with Crippen molar-refractivity contribution < 1.29 is 9.53 Å². The fourth-order valence-electron chi connectivity index (χ4n) is 4.37. The van der Waals surface area contributed by atoms with Crippen LogP contribution in [0.1, 0.15) is 53.8 Å². The molecule has 4 nitrogen and oxygen atoms in total. The molecule has 150 valence electrons. The zero-order valence-electron chi connectivity index (χ0n) is 16.4. The van der Waals surface area contributed by atoms with E-state index in [4.69, 9.17) is 4.74 Å². The Hall–Kier alpha value is -1.85. The van der Waals surface area contributed by atoms with Crippen molar-refractivity contribution in [2.24, 2.45) is 5.92 Å². The summed E-state index contributed by atoms with van der Waals surface area (Å²) < 4.78 is 6.31. The molecule has 2 heterocycles. The van der Waals surface area contributed by atoms with Gasteiger partial charge in [0.1, 0.15) is 5.75 Å². The molecule has 1 aliphatic carbocycles. The number of amides is 1. The van der Waals surface area contributed by atoms with Crippen molar-refractivity contribution in [1.29, 1.82) is 0 Å². The van der Waals surface area contributed by atoms with Gasteiger partial charge in [-0.1, -0.05) is 24.3 Å². The second kappa shape index (κ2) is 9.57. The van der Waals surface area contributed by atoms with E-state index in [1.54, 1.807) is 0 Å². The van der Waals surface area contributed by atoms with Crippen molar-refractivity contribution in [3.63, 3.8) is 0 Å². The Morgan fingerprint density at radius 3 is 2.79 bits per heavy atom. The van der Waals surface area contributed by atoms with E-state index in [2.05, 4.69) is 34.5 Å². The molecule has 1 aromatic carbocycles. The van der Waals surface area contributed by atoms with Crippen LogP contribution in [0.15, 0.2) is 41.8 Å². The molecule has 28 heavy (non-hydrogen) atoms. The Bertz CT molecular complexity index is 756. The molecule has 2 aromatic rings. The average molecular weight is 399 g/mol. The van der Waals surface area contributed by atoms with Crippen LogP contribution < -0.4 is 10.1 Å². The second-order valence-corrected chi connectivity index (χ2v) is 9.01. The van der Waals surface area contributed by atoms with Gasteiger partial charge in [0, 0.05) is 25.2 Å². The number of para-hydroxylation sites is 1. The van der Waals surface area contributed by atoms with Gasteiger partial charge in [-0.3, -0.25) is 9.69 Å². The van der Waals surface area contributed by atoms with Gasteiger partial charge >= 0.3 is 0 Å². The molecule has 4 rings (SSSR count). The smallest absolute Gasteiger partial charge is 0.261 e. The molecule has 1 saturated carbocycles. The second-order valence-electron chi connectivity index (χ2n) is 8.06. The van der Waals surface area contributed by atoms with Crippen LogP contribution >= 0.6 is 11.3 Å². The molecule has 5 heteroatoms. The van der Waals surface area contributed by atoms with Gasteiger partial charge in [0.15, 0.2) is 0 Å². The summed E-state index contributed by atoms with van der Waals surface area (Å²) in [7, 11) is 0. The van der Waals surface area contributed by atoms with Crippen molar-refractivity contribution in [3.05, 3.63) is 52.2 Å². The lowest BCUT2D eigenvalue weighted by atomic mass is 9.97. The fourth-order valence-corrected chi connectivity index (χ4v) is 5.01. The predicted octanol–water partition coefficient (Wildman–Crippen LogP) is 4.71. The topological polar surface area (TPSA) is 41.6 Å². The van der Waals surface area contributed by atoms with Gasteiger partial charge < -0.3 is 10.1 Å². The van der Waals surface area contributed by atoms with Crippen molar-refractivity contribution in [1.82, 2.24) is 10.2 Å². The summed E-state index contributed by atoms with van der Waals surface area (Å²) in [4.78, 5) is 15.5. The first-order valence-corrected chi connectivity index (χ1v) is 11.4. The van der Waals surface area contributed by atoms with Crippen molar-refractivity contribution in [2.45, 2.75) is 51.2 Å². The molecule has 0 bridgehead atoms. The third-order valence-electron chi connectivity index (χ3n) is 5.86. The molecule has 0 radical (unpaired) electrons. The number of likely N-dealkylation sites (tertiary alicyclic amines) is 1. The number of piperidine rings is 1. The Morgan fingerprint density at radius 2 is 1.96 bits per heavy atom. The van der Waals surface area contributed by atoms with Crippen LogP contribution in [0, 0.1) is 5.92 Å². The minimum atomic E-state index is 0.0578. The van der Waals surface area contributed by atoms with Crippen molar-refractivity contribution in [2.75, 3.05) is 19.6 Å². The normalized spacial score (nSPS) is 20.9. The molecule has 2 aliphatic rings. The van der Waals surface area contributed by atoms with E-state index in [-0.39, 0.29) is 5.91 Å². The molecule has 1 aliphatic heterocycles. The van der Waals surface area contributed by atoms with Gasteiger partial charge in [0.2, 0.25) is 0 Å². The molecule has 1 N–H and O–H groups in total. The summed E-state index contributed by atoms with van der Waals surface area (Å²) in [6.45, 7) is 3.83. The summed E-state index contributed by atoms with van der Waals surface area (Å²) in [5.41, 5.74) is 1.29. The first-order valence-electron chi connectivity index (χ1n) is 10.6. The summed E-state index contributed by atoms with van der Waals surface area (Å²) in [5, 5.41) is 5.07. The maximum absolute atomic E-state index is 12.2. The number of hydrogen-bond donors (Lipinski definition) is 1. The van der Waals surface area contributed by atoms with E-state index >= 15 is 0 Å². The lowest BCUT2D eigenvalue weighted by Gasteiger charge is -2.33. The Morgan fingerprint density at radius 1 is 1.11 bits per heavy atom. The van der Waals surface area contributed by atoms with E-state index < -0.39 is 0 Å². The summed E-state index contributed by atoms with van der Waals surface area (Å²) in [6, 6.07) is 12.3. The maximum Gasteiger partial charge on any atom is 0.261 e. The molecular formula is C23H30N2O2S. The molecule has 1 unspecified atom stereocenters. The van der Waals surface area contributed by atoms with E-state index in [0.717, 1.165) is 36.8 Å². The van der Waals surface area contributed by atoms with E-state index in [0.29, 0.717) is 12.0 Å². The van der Waals surface area contributed by atoms with Gasteiger partial charge in [0.25, 0.3) is 5.91 Å². The molecule has 0 spiro atoms. The number of carbonyl (C=O) groups excluding carboxylic acids is 1. The molecule has 1 amide bonds. The number of ether oxygens (including phenoxy) is 1. The fraction of sp³-hybridized carbons (Fsp3) is 0.522. The molecule has 1 saturated heterocycles. The van der Waals surface area contributed by atoms with E-state index in [1.165, 1.54) is 55.4 Å². The highest BCUT2D eigenvalue weighted by Gasteiger charge is 2.23. The van der Waals surface area contributed by atoms with Crippen LogP contribution in [0.5, 0.6) is 5.75 Å². The molecule has 1 atom stereocenters. The number of carbonyl (C=O) groups is 1. The largest absolute Gasteiger partial charge is 0.490 e. The quantitative estimate of drug-likeness (QED) is 0.734. The van der Waals surface area contributed by atoms with Crippen LogP contribution in [-0.4, -0.2) is 36.5 Å². The lowest BCUT2D eigenvalue weighted by Crippen LogP contribution is -2.40. The molecule has 1 aromatic heterocycles. The van der Waals surface area contributed by atoms with E-state index in [9.17, 15) is 4.79 Å². The Labute approximate surface area is 171 Å². The zero-order valence-corrected chi connectivity index (χ0v) is 17.3. The van der Waals surface area contributed by atoms with Crippen molar-refractivity contribution in [3.8, 4) is 5.75 Å². The maximum atomic E-state index is 12.2. The van der Waals surface area contributed by atoms with Crippen LogP contribution in [0.3, 0.4) is 0 Å². The highest BCUT2D eigenvalue weighted by Crippen LogP contribution is 2.28. The lowest BCUT2D eigenvalue weighted by molar-refractivity contribution is 0.0934. The van der Waals surface area contributed by atoms with Crippen LogP contribution in [0.2, 0.25) is 0 Å². The Balaban J connectivity index is 1.30. The highest BCUT2D eigenvalue weighted by atomic mass is 32.1. The summed E-state index contributed by atoms with van der Waals surface area (Å²) >= 11 is 1.50. The van der Waals surface area contributed by atoms with Gasteiger partial charge in [-0.25, -0.2) is 0 Å². The van der Waals surface area contributed by atoms with Crippen LogP contribution in [0.4, 0.5) is 0 Å². The molecular weight excluding hydrogens is 368 g/mol. The van der Waals surface area contributed by atoms with Crippen molar-refractivity contribution >= 4 is 17.2 Å². The first kappa shape index (κ1) is 19.5. The van der Waals surface area contributed by atoms with Gasteiger partial charge in [-0.15, -0.1) is 11.3 Å². The van der Waals surface area contributed by atoms with Gasteiger partial charge in [-0.2, -0.15) is 0 Å². The summed E-state index contributed by atoms with van der Waals surface area (Å²) in [5.74, 6) is 1.63. The minimum absolute atomic E-state index is 0.0578. The predicted molar refractivity (Wildman–Crippen MR) is 114 cm³/mol. The zero-order chi connectivity index (χ0) is 19.2. The number of rotatable bonds is 7. The first-order chi connectivity index (χ1) is 13.8. The monoisotopic (exact) mass is 398 g/mol. The average Bonchev–Trinajstić information content (AvgIpc) is 3.42. The number of nitrogens with zero attached hydrogens (tertiary/aromatic N) is 1. The van der Waals surface area contributed by atoms with Gasteiger partial charge in [-0.05, 0) is 68.5 Å². The van der Waals surface area contributed by atoms with E-state index in [1.807, 2.05) is 17.5 Å². The van der Waals surface area contributed by atoms with Crippen LogP contribution in [-0.2, 0) is 6.54 Å². The minimum Gasteiger partial charge on any atom is -0.490 e. The number of hydrogen-bond acceptors (Lipinski definition) is 4. The molecule has 2 fully saturated rings. The number of thiophene rings is 1. The summed E-state index contributed by atoms with van der Waals surface area (Å²) in [6.07, 6.45) is 7.71. The third-order valence-corrected chi connectivity index (χ3v) is 6.73. The number of benzene rings is 1. The SMILES string of the molecule is O=C(NCC1CCCN(Cc2ccccc2OC2CCCC2)C1)c1cccs1. The Kier molecular flexibility index (Phi) is 6.65. The van der Waals surface area contributed by atoms with Gasteiger partial charge in [0.05, 0.1) is 11.0 Å².